The molecule has 1 aliphatic carbocycles. The van der Waals surface area contributed by atoms with Crippen LogP contribution in [-0.2, 0) is 21.0 Å². The van der Waals surface area contributed by atoms with Crippen molar-refractivity contribution in [3.8, 4) is 11.1 Å². The van der Waals surface area contributed by atoms with Crippen LogP contribution in [0.2, 0.25) is 0 Å². The molecular weight excluding hydrogens is 502 g/mol. The van der Waals surface area contributed by atoms with Gasteiger partial charge in [0, 0.05) is 24.1 Å². The second-order valence-electron chi connectivity index (χ2n) is 8.00. The van der Waals surface area contributed by atoms with E-state index in [4.69, 9.17) is 44.8 Å². The van der Waals surface area contributed by atoms with Crippen molar-refractivity contribution in [2.24, 2.45) is 0 Å². The third-order valence-corrected chi connectivity index (χ3v) is 4.76. The van der Waals surface area contributed by atoms with Gasteiger partial charge in [0.25, 0.3) is 0 Å². The molecule has 1 aromatic heterocycles. The van der Waals surface area contributed by atoms with Crippen LogP contribution >= 0.6 is 40.4 Å². The summed E-state index contributed by atoms with van der Waals surface area (Å²) < 4.78 is 6.32. The van der Waals surface area contributed by atoms with Crippen LogP contribution in [0.5, 0.6) is 0 Å². The monoisotopic (exact) mass is 523 g/mol. The fraction of sp³-hybridized carbons (Fsp3) is 0.208. The Morgan fingerprint density at radius 3 is 1.80 bits per heavy atom. The Bertz CT molecular complexity index is 1030. The van der Waals surface area contributed by atoms with Crippen LogP contribution in [0.4, 0.5) is 0 Å². The summed E-state index contributed by atoms with van der Waals surface area (Å²) in [5.74, 6) is 2.03. The second-order valence-corrected chi connectivity index (χ2v) is 18.9. The van der Waals surface area contributed by atoms with E-state index in [1.54, 1.807) is 0 Å². The summed E-state index contributed by atoms with van der Waals surface area (Å²) in [6, 6.07) is 23.4. The van der Waals surface area contributed by atoms with Crippen molar-refractivity contribution < 1.29 is 13.6 Å². The van der Waals surface area contributed by atoms with Gasteiger partial charge in [-0.1, -0.05) is 60.7 Å². The van der Waals surface area contributed by atoms with Crippen LogP contribution < -0.4 is 0 Å². The molecule has 3 aromatic rings. The van der Waals surface area contributed by atoms with Gasteiger partial charge in [-0.25, -0.2) is 4.42 Å². The molecule has 0 saturated carbocycles. The van der Waals surface area contributed by atoms with Crippen LogP contribution in [0.1, 0.15) is 43.4 Å². The summed E-state index contributed by atoms with van der Waals surface area (Å²) in [5, 5.41) is 0. The molecule has 0 radical (unpaired) electrons. The van der Waals surface area contributed by atoms with Crippen molar-refractivity contribution in [3.63, 3.8) is 0 Å². The zero-order valence-corrected chi connectivity index (χ0v) is 21.0. The molecule has 1 nitrogen and oxygen atoms in total. The normalized spacial score (nSPS) is 13.8. The van der Waals surface area contributed by atoms with Crippen molar-refractivity contribution in [1.29, 1.82) is 0 Å². The number of hydrogen-bond acceptors (Lipinski definition) is 0. The Labute approximate surface area is 197 Å². The molecule has 30 heavy (non-hydrogen) atoms. The van der Waals surface area contributed by atoms with Crippen LogP contribution in [0.15, 0.2) is 71.1 Å². The fourth-order valence-electron chi connectivity index (χ4n) is 3.34. The SMILES string of the molecule is CC(C)(C)c1cc(-c2ccccc2)c2c([o+]1)C=C(c1ccccc1)C2.[Cl][Fe-]([Cl])([Cl])[Cl]. The van der Waals surface area contributed by atoms with Gasteiger partial charge in [0.15, 0.2) is 0 Å². The molecule has 0 N–H and O–H groups in total. The number of halogens is 4. The molecule has 0 fully saturated rings. The average molecular weight is 525 g/mol. The van der Waals surface area contributed by atoms with Crippen molar-refractivity contribution in [1.82, 2.24) is 0 Å². The van der Waals surface area contributed by atoms with Gasteiger partial charge < -0.3 is 0 Å². The van der Waals surface area contributed by atoms with E-state index in [0.29, 0.717) is 0 Å². The number of allylic oxidation sites excluding steroid dienone is 1. The summed E-state index contributed by atoms with van der Waals surface area (Å²) in [7, 11) is 17.2. The molecule has 0 saturated heterocycles. The van der Waals surface area contributed by atoms with Gasteiger partial charge >= 0.3 is 61.1 Å². The van der Waals surface area contributed by atoms with Gasteiger partial charge in [0.05, 0.1) is 11.0 Å². The van der Waals surface area contributed by atoms with Crippen molar-refractivity contribution in [2.45, 2.75) is 32.6 Å². The average Bonchev–Trinajstić information content (AvgIpc) is 3.11. The Kier molecular flexibility index (Phi) is 7.62. The molecule has 0 atom stereocenters. The van der Waals surface area contributed by atoms with Gasteiger partial charge in [-0.3, -0.25) is 0 Å². The molecule has 0 amide bonds. The Hall–Kier alpha value is -0.991. The fourth-order valence-corrected chi connectivity index (χ4v) is 3.34. The molecule has 0 bridgehead atoms. The number of benzene rings is 2. The predicted octanol–water partition coefficient (Wildman–Crippen LogP) is 9.38. The molecule has 0 aliphatic heterocycles. The number of hydrogen-bond donors (Lipinski definition) is 0. The van der Waals surface area contributed by atoms with Crippen molar-refractivity contribution in [3.05, 3.63) is 89.4 Å². The summed E-state index contributed by atoms with van der Waals surface area (Å²) in [4.78, 5) is 0. The maximum absolute atomic E-state index is 6.32. The first-order valence-corrected chi connectivity index (χ1v) is 15.5. The van der Waals surface area contributed by atoms with E-state index >= 15 is 0 Å². The van der Waals surface area contributed by atoms with Crippen LogP contribution in [-0.4, -0.2) is 0 Å². The van der Waals surface area contributed by atoms with E-state index in [9.17, 15) is 0 Å². The predicted molar refractivity (Wildman–Crippen MR) is 129 cm³/mol. The number of fused-ring (bicyclic) bond motifs is 1. The molecule has 2 aromatic carbocycles. The number of rotatable bonds is 2. The van der Waals surface area contributed by atoms with Gasteiger partial charge in [-0.2, -0.15) is 0 Å². The second kappa shape index (κ2) is 9.65. The maximum atomic E-state index is 6.32. The van der Waals surface area contributed by atoms with E-state index < -0.39 is 9.20 Å². The van der Waals surface area contributed by atoms with Gasteiger partial charge in [-0.05, 0) is 37.5 Å². The molecule has 4 rings (SSSR count). The Morgan fingerprint density at radius 2 is 1.30 bits per heavy atom. The quantitative estimate of drug-likeness (QED) is 0.240. The first-order chi connectivity index (χ1) is 14.0. The van der Waals surface area contributed by atoms with Crippen molar-refractivity contribution >= 4 is 52.0 Å². The van der Waals surface area contributed by atoms with E-state index in [1.165, 1.54) is 27.8 Å². The van der Waals surface area contributed by atoms with E-state index in [2.05, 4.69) is 93.6 Å². The topological polar surface area (TPSA) is 11.3 Å². The molecule has 0 spiro atoms. The van der Waals surface area contributed by atoms with Crippen LogP contribution in [0.25, 0.3) is 22.8 Å². The summed E-state index contributed by atoms with van der Waals surface area (Å²) in [6.45, 7) is 6.59. The molecule has 161 valence electrons. The molecule has 1 aliphatic rings. The molecular formula is C24H23Cl4FeO. The zero-order chi connectivity index (χ0) is 21.9. The molecule has 6 heteroatoms. The Balaban J connectivity index is 0.000000461. The van der Waals surface area contributed by atoms with Gasteiger partial charge in [-0.15, -0.1) is 0 Å². The van der Waals surface area contributed by atoms with Gasteiger partial charge in [0.1, 0.15) is 0 Å². The van der Waals surface area contributed by atoms with E-state index in [0.717, 1.165) is 17.9 Å². The molecule has 1 heterocycles. The summed E-state index contributed by atoms with van der Waals surface area (Å²) >= 11 is 0. The first kappa shape index (κ1) is 23.7. The van der Waals surface area contributed by atoms with Crippen LogP contribution in [0, 0.1) is 0 Å². The zero-order valence-electron chi connectivity index (χ0n) is 16.9. The van der Waals surface area contributed by atoms with E-state index in [1.807, 2.05) is 0 Å². The third-order valence-electron chi connectivity index (χ3n) is 4.76. The third kappa shape index (κ3) is 6.50. The van der Waals surface area contributed by atoms with Crippen molar-refractivity contribution in [2.75, 3.05) is 0 Å². The minimum absolute atomic E-state index is 0.0259. The first-order valence-electron chi connectivity index (χ1n) is 9.38. The van der Waals surface area contributed by atoms with E-state index in [-0.39, 0.29) is 5.41 Å². The summed E-state index contributed by atoms with van der Waals surface area (Å²) in [6.07, 6.45) is 3.13. The minimum atomic E-state index is -2.61. The van der Waals surface area contributed by atoms with Gasteiger partial charge in [0.2, 0.25) is 0 Å². The standard InChI is InChI=1S/C24H23O.4ClH.Fe/c1-24(2,3)23-16-20(18-12-8-5-9-13-18)21-14-19(15-22(21)25-23)17-10-6-4-7-11-17;;;;;/h4-13,15-16H,14H2,1-3H3;4*1H;/q+1;;;;;+3/p-4. The molecule has 0 unspecified atom stereocenters. The Morgan fingerprint density at radius 1 is 0.800 bits per heavy atom. The van der Waals surface area contributed by atoms with Crippen LogP contribution in [0.3, 0.4) is 0 Å². The summed E-state index contributed by atoms with van der Waals surface area (Å²) in [5.41, 5.74) is 6.39.